The summed E-state index contributed by atoms with van der Waals surface area (Å²) in [5.74, 6) is -3.64. The van der Waals surface area contributed by atoms with Gasteiger partial charge >= 0.3 is 12.0 Å². The molecule has 162 valence electrons. The van der Waals surface area contributed by atoms with Crippen molar-refractivity contribution in [3.05, 3.63) is 89.5 Å². The number of carboxylic acids is 1. The molecule has 3 aromatic rings. The van der Waals surface area contributed by atoms with Crippen LogP contribution in [0.25, 0.3) is 0 Å². The lowest BCUT2D eigenvalue weighted by Crippen LogP contribution is -2.53. The molecule has 0 saturated carbocycles. The lowest BCUT2D eigenvalue weighted by Gasteiger charge is -2.36. The predicted molar refractivity (Wildman–Crippen MR) is 114 cm³/mol. The third-order valence-corrected chi connectivity index (χ3v) is 5.05. The van der Waals surface area contributed by atoms with Crippen molar-refractivity contribution >= 4 is 35.0 Å². The summed E-state index contributed by atoms with van der Waals surface area (Å²) in [5.41, 5.74) is 1.58. The number of carboxylic acid groups (broad SMARTS) is 1. The van der Waals surface area contributed by atoms with Crippen LogP contribution in [0.3, 0.4) is 0 Å². The highest BCUT2D eigenvalue weighted by Crippen LogP contribution is 2.33. The molecule has 0 aliphatic carbocycles. The number of para-hydroxylation sites is 2. The van der Waals surface area contributed by atoms with Gasteiger partial charge < -0.3 is 15.7 Å². The Balaban J connectivity index is 1.66. The Morgan fingerprint density at radius 3 is 2.41 bits per heavy atom. The molecule has 1 aliphatic rings. The third-order valence-electron chi connectivity index (χ3n) is 5.05. The molecule has 4 rings (SSSR count). The number of nitrogens with zero attached hydrogens (tertiary/aromatic N) is 1. The number of halogens is 2. The van der Waals surface area contributed by atoms with E-state index >= 15 is 0 Å². The number of nitrogens with one attached hydrogen (secondary N) is 2. The highest BCUT2D eigenvalue weighted by Gasteiger charge is 2.37. The maximum Gasteiger partial charge on any atom is 0.335 e. The van der Waals surface area contributed by atoms with Gasteiger partial charge in [-0.25, -0.2) is 18.4 Å². The van der Waals surface area contributed by atoms with E-state index in [9.17, 15) is 23.2 Å². The molecule has 3 amide bonds. The maximum absolute atomic E-state index is 13.7. The van der Waals surface area contributed by atoms with Crippen molar-refractivity contribution in [2.75, 3.05) is 15.5 Å². The molecule has 1 atom stereocenters. The second-order valence-corrected chi connectivity index (χ2v) is 7.16. The number of benzene rings is 3. The van der Waals surface area contributed by atoms with Crippen molar-refractivity contribution in [1.82, 2.24) is 0 Å². The van der Waals surface area contributed by atoms with Gasteiger partial charge in [-0.05, 0) is 54.1 Å². The van der Waals surface area contributed by atoms with Crippen molar-refractivity contribution < 1.29 is 28.3 Å². The minimum atomic E-state index is -1.10. The van der Waals surface area contributed by atoms with Crippen LogP contribution in [0.5, 0.6) is 0 Å². The second kappa shape index (κ2) is 8.46. The molecule has 0 aromatic heterocycles. The number of hydrogen-bond acceptors (Lipinski definition) is 3. The van der Waals surface area contributed by atoms with Gasteiger partial charge in [0.2, 0.25) is 5.91 Å². The number of anilines is 3. The van der Waals surface area contributed by atoms with Crippen molar-refractivity contribution in [3.8, 4) is 0 Å². The smallest absolute Gasteiger partial charge is 0.335 e. The maximum atomic E-state index is 13.7. The van der Waals surface area contributed by atoms with Gasteiger partial charge in [-0.1, -0.05) is 18.2 Å². The SMILES string of the molecule is O=C(O)c1ccc(NC(=O)N2c3ccccc3NC(=O)C2Cc2ccc(F)c(F)c2)cc1. The van der Waals surface area contributed by atoms with Crippen LogP contribution in [0, 0.1) is 11.6 Å². The number of fused-ring (bicyclic) bond motifs is 1. The lowest BCUT2D eigenvalue weighted by molar-refractivity contribution is -0.117. The van der Waals surface area contributed by atoms with E-state index < -0.39 is 35.6 Å². The van der Waals surface area contributed by atoms with Gasteiger partial charge in [-0.2, -0.15) is 0 Å². The van der Waals surface area contributed by atoms with E-state index in [1.54, 1.807) is 24.3 Å². The summed E-state index contributed by atoms with van der Waals surface area (Å²) in [7, 11) is 0. The first-order chi connectivity index (χ1) is 15.3. The molecular formula is C23H17F2N3O4. The van der Waals surface area contributed by atoms with Gasteiger partial charge in [-0.3, -0.25) is 9.69 Å². The summed E-state index contributed by atoms with van der Waals surface area (Å²) in [4.78, 5) is 38.3. The van der Waals surface area contributed by atoms with Crippen molar-refractivity contribution in [2.24, 2.45) is 0 Å². The summed E-state index contributed by atoms with van der Waals surface area (Å²) < 4.78 is 27.0. The fourth-order valence-corrected chi connectivity index (χ4v) is 3.50. The number of carbonyl (C=O) groups is 3. The number of urea groups is 1. The number of carbonyl (C=O) groups excluding carboxylic acids is 2. The zero-order valence-electron chi connectivity index (χ0n) is 16.5. The molecule has 32 heavy (non-hydrogen) atoms. The zero-order valence-corrected chi connectivity index (χ0v) is 16.5. The molecule has 0 bridgehead atoms. The first-order valence-electron chi connectivity index (χ1n) is 9.61. The first kappa shape index (κ1) is 21.0. The number of aromatic carboxylic acids is 1. The van der Waals surface area contributed by atoms with Crippen molar-refractivity contribution in [1.29, 1.82) is 0 Å². The van der Waals surface area contributed by atoms with E-state index in [4.69, 9.17) is 5.11 Å². The van der Waals surface area contributed by atoms with Gasteiger partial charge in [0, 0.05) is 12.1 Å². The van der Waals surface area contributed by atoms with Crippen LogP contribution < -0.4 is 15.5 Å². The van der Waals surface area contributed by atoms with Gasteiger partial charge in [0.15, 0.2) is 11.6 Å². The quantitative estimate of drug-likeness (QED) is 0.568. The van der Waals surface area contributed by atoms with Crippen LogP contribution >= 0.6 is 0 Å². The number of hydrogen-bond donors (Lipinski definition) is 3. The summed E-state index contributed by atoms with van der Waals surface area (Å²) in [6.45, 7) is 0. The van der Waals surface area contributed by atoms with E-state index in [0.717, 1.165) is 12.1 Å². The molecule has 7 nitrogen and oxygen atoms in total. The van der Waals surface area contributed by atoms with Crippen LogP contribution in [0.4, 0.5) is 30.6 Å². The fourth-order valence-electron chi connectivity index (χ4n) is 3.50. The Morgan fingerprint density at radius 2 is 1.72 bits per heavy atom. The Morgan fingerprint density at radius 1 is 1.00 bits per heavy atom. The lowest BCUT2D eigenvalue weighted by atomic mass is 10.00. The van der Waals surface area contributed by atoms with Crippen LogP contribution in [0.2, 0.25) is 0 Å². The Bertz CT molecular complexity index is 1210. The number of amides is 3. The monoisotopic (exact) mass is 437 g/mol. The fraction of sp³-hybridized carbons (Fsp3) is 0.0870. The average molecular weight is 437 g/mol. The largest absolute Gasteiger partial charge is 0.478 e. The van der Waals surface area contributed by atoms with E-state index in [-0.39, 0.29) is 12.0 Å². The normalized spacial score (nSPS) is 15.0. The standard InChI is InChI=1S/C23H17F2N3O4/c24-16-10-5-13(11-17(16)25)12-20-21(29)27-18-3-1-2-4-19(18)28(20)23(32)26-15-8-6-14(7-9-15)22(30)31/h1-11,20H,12H2,(H,26,32)(H,27,29)(H,30,31). The van der Waals surface area contributed by atoms with Crippen LogP contribution in [-0.4, -0.2) is 29.1 Å². The molecular weight excluding hydrogens is 420 g/mol. The van der Waals surface area contributed by atoms with E-state index in [0.29, 0.717) is 22.6 Å². The predicted octanol–water partition coefficient (Wildman–Crippen LogP) is 4.26. The van der Waals surface area contributed by atoms with Crippen molar-refractivity contribution in [2.45, 2.75) is 12.5 Å². The summed E-state index contributed by atoms with van der Waals surface area (Å²) in [6, 6.07) is 13.9. The van der Waals surface area contributed by atoms with E-state index in [2.05, 4.69) is 10.6 Å². The Hall–Kier alpha value is -4.27. The highest BCUT2D eigenvalue weighted by molar-refractivity contribution is 6.14. The zero-order chi connectivity index (χ0) is 22.8. The molecule has 0 radical (unpaired) electrons. The molecule has 3 N–H and O–H groups in total. The molecule has 1 aliphatic heterocycles. The third kappa shape index (κ3) is 4.13. The van der Waals surface area contributed by atoms with Crippen molar-refractivity contribution in [3.63, 3.8) is 0 Å². The molecule has 0 saturated heterocycles. The molecule has 1 unspecified atom stereocenters. The molecule has 0 fully saturated rings. The molecule has 9 heteroatoms. The van der Waals surface area contributed by atoms with E-state index in [1.165, 1.54) is 35.2 Å². The van der Waals surface area contributed by atoms with Gasteiger partial charge in [0.25, 0.3) is 0 Å². The molecule has 0 spiro atoms. The Labute approximate surface area is 181 Å². The second-order valence-electron chi connectivity index (χ2n) is 7.16. The summed E-state index contributed by atoms with van der Waals surface area (Å²) >= 11 is 0. The Kier molecular flexibility index (Phi) is 5.55. The van der Waals surface area contributed by atoms with Gasteiger partial charge in [0.05, 0.1) is 16.9 Å². The summed E-state index contributed by atoms with van der Waals surface area (Å²) in [6.07, 6.45) is -0.0528. The molecule has 1 heterocycles. The summed E-state index contributed by atoms with van der Waals surface area (Å²) in [5, 5.41) is 14.4. The van der Waals surface area contributed by atoms with Crippen LogP contribution in [-0.2, 0) is 11.2 Å². The minimum Gasteiger partial charge on any atom is -0.478 e. The van der Waals surface area contributed by atoms with Gasteiger partial charge in [-0.15, -0.1) is 0 Å². The van der Waals surface area contributed by atoms with Crippen LogP contribution in [0.1, 0.15) is 15.9 Å². The van der Waals surface area contributed by atoms with Crippen LogP contribution in [0.15, 0.2) is 66.7 Å². The minimum absolute atomic E-state index is 0.0528. The molecule has 3 aromatic carbocycles. The topological polar surface area (TPSA) is 98.7 Å². The first-order valence-corrected chi connectivity index (χ1v) is 9.61. The van der Waals surface area contributed by atoms with Gasteiger partial charge in [0.1, 0.15) is 6.04 Å². The highest BCUT2D eigenvalue weighted by atomic mass is 19.2. The van der Waals surface area contributed by atoms with E-state index in [1.807, 2.05) is 0 Å². The number of rotatable bonds is 4. The average Bonchev–Trinajstić information content (AvgIpc) is 2.77.